The van der Waals surface area contributed by atoms with Crippen LogP contribution in [0, 0.1) is 13.8 Å². The summed E-state index contributed by atoms with van der Waals surface area (Å²) in [5, 5.41) is 0.194. The summed E-state index contributed by atoms with van der Waals surface area (Å²) in [6, 6.07) is 32.5. The molecule has 0 saturated heterocycles. The number of benzene rings is 5. The number of aryl methyl sites for hydroxylation is 2. The van der Waals surface area contributed by atoms with Gasteiger partial charge in [0.1, 0.15) is 0 Å². The van der Waals surface area contributed by atoms with Gasteiger partial charge >= 0.3 is 57.5 Å². The monoisotopic (exact) mass is 1120 g/mol. The van der Waals surface area contributed by atoms with Gasteiger partial charge in [-0.1, -0.05) is 160 Å². The zero-order chi connectivity index (χ0) is 43.3. The summed E-state index contributed by atoms with van der Waals surface area (Å²) in [6.45, 7) is 13.1. The van der Waals surface area contributed by atoms with E-state index >= 15 is 0 Å². The van der Waals surface area contributed by atoms with Crippen molar-refractivity contribution in [3.05, 3.63) is 160 Å². The first-order valence-corrected chi connectivity index (χ1v) is 18.9. The van der Waals surface area contributed by atoms with E-state index in [1.165, 1.54) is 76.9 Å². The average molecular weight is 1120 g/mol. The Labute approximate surface area is 401 Å². The van der Waals surface area contributed by atoms with Crippen LogP contribution >= 0.6 is 23.2 Å². The number of rotatable bonds is 2. The van der Waals surface area contributed by atoms with E-state index in [-0.39, 0.29) is 71.4 Å². The molecule has 0 nitrogen and oxygen atoms in total. The third-order valence-electron chi connectivity index (χ3n) is 7.07. The van der Waals surface area contributed by atoms with Gasteiger partial charge in [0, 0.05) is 16.7 Å². The quantitative estimate of drug-likeness (QED) is 0.0748. The fraction of sp³-hybridized carbons (Fsp3) is 0.286. The Balaban J connectivity index is -0.000000311. The van der Waals surface area contributed by atoms with Crippen molar-refractivity contribution in [2.75, 3.05) is 5.34 Å². The van der Waals surface area contributed by atoms with Gasteiger partial charge in [-0.25, -0.2) is 0 Å². The van der Waals surface area contributed by atoms with Gasteiger partial charge in [0.05, 0.1) is 5.34 Å². The fourth-order valence-corrected chi connectivity index (χ4v) is 4.79. The van der Waals surface area contributed by atoms with Gasteiger partial charge in [-0.05, 0) is 36.8 Å². The van der Waals surface area contributed by atoms with E-state index in [2.05, 4.69) is 128 Å². The molecule has 5 aromatic rings. The molecule has 0 aliphatic carbocycles. The minimum atomic E-state index is -4.32. The maximum Gasteiger partial charge on any atom is 2.00 e. The molecule has 0 atom stereocenters. The molecule has 0 aliphatic heterocycles. The molecule has 0 heterocycles. The van der Waals surface area contributed by atoms with Crippen molar-refractivity contribution in [2.45, 2.75) is 86.6 Å². The maximum atomic E-state index is 12.0. The van der Waals surface area contributed by atoms with Gasteiger partial charge in [0.15, 0.2) is 0 Å². The third-order valence-corrected chi connectivity index (χ3v) is 8.13. The topological polar surface area (TPSA) is 0 Å². The molecule has 5 rings (SSSR count). The molecule has 5 aromatic carbocycles. The van der Waals surface area contributed by atoms with Crippen molar-refractivity contribution in [3.8, 4) is 0 Å². The smallest absolute Gasteiger partial charge is 1.00 e. The summed E-state index contributed by atoms with van der Waals surface area (Å²) in [6.07, 6.45) is -13.0. The van der Waals surface area contributed by atoms with Crippen LogP contribution in [0.3, 0.4) is 0 Å². The first-order chi connectivity index (χ1) is 25.9. The Morgan fingerprint density at radius 3 is 0.746 bits per heavy atom. The Bertz CT molecular complexity index is 1640. The van der Waals surface area contributed by atoms with E-state index in [1.54, 1.807) is 0 Å². The summed E-state index contributed by atoms with van der Waals surface area (Å²) in [5.74, 6) is 1.31. The van der Waals surface area contributed by atoms with Crippen LogP contribution in [0.15, 0.2) is 136 Å². The summed E-state index contributed by atoms with van der Waals surface area (Å²) in [5.41, 5.74) is 3.30. The first-order valence-electron chi connectivity index (χ1n) is 16.6. The van der Waals surface area contributed by atoms with Gasteiger partial charge < -0.3 is 50.3 Å². The number of hydrogen-bond donors (Lipinski definition) is 0. The van der Waals surface area contributed by atoms with Crippen LogP contribution < -0.4 is 12.4 Å². The van der Waals surface area contributed by atoms with Crippen LogP contribution in [0.2, 0.25) is 0 Å². The van der Waals surface area contributed by atoms with Crippen LogP contribution in [0.25, 0.3) is 0 Å². The van der Waals surface area contributed by atoms with Crippen LogP contribution in [0.1, 0.15) is 78.5 Å². The molecule has 0 amide bonds. The number of halogens is 12. The Kier molecular flexibility index (Phi) is 34.6. The summed E-state index contributed by atoms with van der Waals surface area (Å²) >= 11 is 23.0. The van der Waals surface area contributed by atoms with Crippen molar-refractivity contribution < 1.29 is 90.9 Å². The van der Waals surface area contributed by atoms with Crippen LogP contribution in [-0.2, 0) is 95.4 Å². The largest absolute Gasteiger partial charge is 2.00 e. The van der Waals surface area contributed by atoms with Crippen molar-refractivity contribution >= 4 is 61.1 Å². The van der Waals surface area contributed by atoms with E-state index in [0.717, 1.165) is 18.2 Å². The average Bonchev–Trinajstić information content (AvgIpc) is 3.09. The van der Waals surface area contributed by atoms with E-state index in [0.29, 0.717) is 11.8 Å². The normalized spacial score (nSPS) is 10.3. The van der Waals surface area contributed by atoms with Gasteiger partial charge in [0.25, 0.3) is 0 Å². The first kappa shape index (κ1) is 63.9. The Hall–Kier alpha value is -1.75. The van der Waals surface area contributed by atoms with Crippen LogP contribution in [-0.4, -0.2) is 5.34 Å². The molecular weight excluding hydrogens is 1080 g/mol. The van der Waals surface area contributed by atoms with E-state index in [1.807, 2.05) is 0 Å². The van der Waals surface area contributed by atoms with Crippen molar-refractivity contribution in [3.63, 3.8) is 0 Å². The third kappa shape index (κ3) is 27.7. The Morgan fingerprint density at radius 2 is 0.610 bits per heavy atom. The molecule has 17 heteroatoms. The molecule has 0 unspecified atom stereocenters. The van der Waals surface area contributed by atoms with Crippen molar-refractivity contribution in [1.82, 2.24) is 0 Å². The zero-order valence-corrected chi connectivity index (χ0v) is 40.6. The molecule has 328 valence electrons. The second-order valence-electron chi connectivity index (χ2n) is 12.2. The van der Waals surface area contributed by atoms with Crippen molar-refractivity contribution in [2.24, 2.45) is 0 Å². The maximum absolute atomic E-state index is 12.0. The van der Waals surface area contributed by atoms with Gasteiger partial charge in [0.2, 0.25) is 0 Å². The molecule has 0 bridgehead atoms. The predicted octanol–water partition coefficient (Wildman–Crippen LogP) is 12.5. The second-order valence-corrected chi connectivity index (χ2v) is 14.3. The molecule has 0 N–H and O–H groups in total. The fourth-order valence-electron chi connectivity index (χ4n) is 4.01. The molecule has 59 heavy (non-hydrogen) atoms. The van der Waals surface area contributed by atoms with Crippen molar-refractivity contribution in [1.29, 1.82) is 0 Å². The van der Waals surface area contributed by atoms with Gasteiger partial charge in [-0.3, -0.25) is 0 Å². The molecule has 0 saturated carbocycles. The van der Waals surface area contributed by atoms with Crippen LogP contribution in [0.5, 0.6) is 0 Å². The molecular formula is C42H42Cl3F9Ru2S3. The van der Waals surface area contributed by atoms with Gasteiger partial charge in [-0.2, -0.15) is 54.2 Å². The number of alkyl halides is 11. The van der Waals surface area contributed by atoms with E-state index in [9.17, 15) is 39.5 Å². The second kappa shape index (κ2) is 32.0. The molecule has 0 radical (unpaired) electrons. The van der Waals surface area contributed by atoms with E-state index in [4.69, 9.17) is 23.2 Å². The summed E-state index contributed by atoms with van der Waals surface area (Å²) in [4.78, 5) is -0.458. The minimum absolute atomic E-state index is 0. The Morgan fingerprint density at radius 1 is 0.424 bits per heavy atom. The van der Waals surface area contributed by atoms with Gasteiger partial charge in [-0.15, -0.1) is 23.2 Å². The van der Waals surface area contributed by atoms with E-state index < -0.39 is 35.2 Å². The molecule has 0 aromatic heterocycles. The molecule has 0 fully saturated rings. The predicted molar refractivity (Wildman–Crippen MR) is 218 cm³/mol. The zero-order valence-electron chi connectivity index (χ0n) is 32.4. The minimum Gasteiger partial charge on any atom is -1.00 e. The summed E-state index contributed by atoms with van der Waals surface area (Å²) < 4.78 is 108. The summed E-state index contributed by atoms with van der Waals surface area (Å²) in [7, 11) is 0. The number of hydrogen-bond acceptors (Lipinski definition) is 3. The van der Waals surface area contributed by atoms with Crippen LogP contribution in [0.4, 0.5) is 39.5 Å². The molecule has 0 spiro atoms. The standard InChI is InChI=1S/2C10H14.3C7H5F3S.CH2Cl2.ClH.2Ru/c2*1-8(2)10-6-4-9(3)5-7-10;3*8-7(9,10)5-3-1-2-4-6(5)11;2-1-3;;;/h2*4-8H,1-3H3;3*1-4,11H;1H2;1H;;/q;;;;;;;2*+2/p-4. The SMILES string of the molecule is Cc1ccc(C(C)C)cc1.Cc1ccc(C(C)C)cc1.ClCCl.FC(F)(F)c1ccccc1[S-].FC(F)(F)c1ccccc1[S-].FC(F)(F)c1ccccc1[S-].[Cl-].[Ru+2].[Ru+2]. The molecule has 0 aliphatic rings.